The monoisotopic (exact) mass is 981 g/mol. The maximum absolute atomic E-state index is 12.9. The highest BCUT2D eigenvalue weighted by Crippen LogP contribution is 2.17. The summed E-state index contributed by atoms with van der Waals surface area (Å²) in [6.45, 7) is 6.63. The molecule has 6 nitrogen and oxygen atoms in total. The molecule has 6 heteroatoms. The van der Waals surface area contributed by atoms with E-state index in [0.717, 1.165) is 83.5 Å². The van der Waals surface area contributed by atoms with E-state index in [1.165, 1.54) is 199 Å². The van der Waals surface area contributed by atoms with Crippen molar-refractivity contribution in [1.82, 2.24) is 0 Å². The standard InChI is InChI=1S/C64H116O6/c1-4-7-10-13-16-19-22-25-28-30-32-34-36-39-42-45-48-51-54-57-63(66)69-60-61(59-68-62(65)56-53-50-47-44-41-38-27-24-21-18-15-12-9-6-3)70-64(67)58-55-52-49-46-43-40-37-35-33-31-29-26-23-20-17-14-11-8-5-2/h16,19,24-25,27-28,32,34,61H,4-15,17-18,20-23,26,29-31,33,35-60H2,1-3H3/b19-16-,27-24-,28-25-,34-32-/t61-/m1/s1. The van der Waals surface area contributed by atoms with Crippen LogP contribution in [0.2, 0.25) is 0 Å². The van der Waals surface area contributed by atoms with Crippen molar-refractivity contribution >= 4 is 17.9 Å². The van der Waals surface area contributed by atoms with Gasteiger partial charge in [0.2, 0.25) is 0 Å². The van der Waals surface area contributed by atoms with Crippen molar-refractivity contribution in [1.29, 1.82) is 0 Å². The fourth-order valence-electron chi connectivity index (χ4n) is 8.92. The molecule has 0 aliphatic heterocycles. The molecule has 0 unspecified atom stereocenters. The average Bonchev–Trinajstić information content (AvgIpc) is 3.36. The first kappa shape index (κ1) is 67.4. The van der Waals surface area contributed by atoms with E-state index in [2.05, 4.69) is 69.4 Å². The molecule has 408 valence electrons. The van der Waals surface area contributed by atoms with Crippen molar-refractivity contribution in [3.8, 4) is 0 Å². The van der Waals surface area contributed by atoms with Crippen LogP contribution in [0, 0.1) is 0 Å². The number of ether oxygens (including phenoxy) is 3. The minimum Gasteiger partial charge on any atom is -0.462 e. The van der Waals surface area contributed by atoms with Gasteiger partial charge in [0.25, 0.3) is 0 Å². The molecule has 0 saturated carbocycles. The number of carbonyl (C=O) groups excluding carboxylic acids is 3. The quantitative estimate of drug-likeness (QED) is 0.0261. The molecule has 0 fully saturated rings. The lowest BCUT2D eigenvalue weighted by molar-refractivity contribution is -0.167. The van der Waals surface area contributed by atoms with E-state index in [0.29, 0.717) is 19.3 Å². The number of hydrogen-bond acceptors (Lipinski definition) is 6. The Kier molecular flexibility index (Phi) is 56.7. The summed E-state index contributed by atoms with van der Waals surface area (Å²) in [4.78, 5) is 38.2. The number of rotatable bonds is 56. The number of hydrogen-bond donors (Lipinski definition) is 0. The minimum atomic E-state index is -0.780. The van der Waals surface area contributed by atoms with Crippen molar-refractivity contribution in [2.75, 3.05) is 13.2 Å². The Morgan fingerprint density at radius 3 is 0.843 bits per heavy atom. The van der Waals surface area contributed by atoms with Crippen LogP contribution in [0.4, 0.5) is 0 Å². The van der Waals surface area contributed by atoms with Gasteiger partial charge in [-0.2, -0.15) is 0 Å². The molecule has 0 rings (SSSR count). The molecule has 1 atom stereocenters. The summed E-state index contributed by atoms with van der Waals surface area (Å²) >= 11 is 0. The molecular weight excluding hydrogens is 865 g/mol. The molecule has 0 radical (unpaired) electrons. The molecule has 0 saturated heterocycles. The summed E-state index contributed by atoms with van der Waals surface area (Å²) in [5.41, 5.74) is 0. The maximum atomic E-state index is 12.9. The highest BCUT2D eigenvalue weighted by atomic mass is 16.6. The second-order valence-corrected chi connectivity index (χ2v) is 20.6. The van der Waals surface area contributed by atoms with E-state index in [4.69, 9.17) is 14.2 Å². The molecule has 0 aromatic heterocycles. The van der Waals surface area contributed by atoms with Gasteiger partial charge >= 0.3 is 17.9 Å². The van der Waals surface area contributed by atoms with Gasteiger partial charge in [0.15, 0.2) is 6.10 Å². The zero-order valence-corrected chi connectivity index (χ0v) is 46.8. The van der Waals surface area contributed by atoms with Crippen molar-refractivity contribution in [3.63, 3.8) is 0 Å². The van der Waals surface area contributed by atoms with Gasteiger partial charge < -0.3 is 14.2 Å². The molecule has 0 aliphatic rings. The highest BCUT2D eigenvalue weighted by molar-refractivity contribution is 5.71. The summed E-state index contributed by atoms with van der Waals surface area (Å²) in [6, 6.07) is 0. The fraction of sp³-hybridized carbons (Fsp3) is 0.828. The lowest BCUT2D eigenvalue weighted by atomic mass is 10.0. The average molecular weight is 982 g/mol. The van der Waals surface area contributed by atoms with Crippen LogP contribution < -0.4 is 0 Å². The van der Waals surface area contributed by atoms with E-state index in [1.54, 1.807) is 0 Å². The van der Waals surface area contributed by atoms with Crippen molar-refractivity contribution in [3.05, 3.63) is 48.6 Å². The van der Waals surface area contributed by atoms with E-state index >= 15 is 0 Å². The predicted molar refractivity (Wildman–Crippen MR) is 302 cm³/mol. The molecule has 0 aliphatic carbocycles. The molecule has 0 aromatic rings. The molecular formula is C64H116O6. The zero-order chi connectivity index (χ0) is 50.7. The molecule has 0 heterocycles. The van der Waals surface area contributed by atoms with Crippen molar-refractivity contribution in [2.24, 2.45) is 0 Å². The SMILES string of the molecule is CCCCC/C=C\C/C=C\C/C=C\CCCCCCCCC(=O)OC[C@@H](COC(=O)CCCCCCC/C=C\CCCCCCC)OC(=O)CCCCCCCCCCCCCCCCCCCCC. The number of esters is 3. The number of unbranched alkanes of at least 4 members (excludes halogenated alkanes) is 37. The third kappa shape index (κ3) is 56.3. The van der Waals surface area contributed by atoms with Gasteiger partial charge in [-0.25, -0.2) is 0 Å². The van der Waals surface area contributed by atoms with Gasteiger partial charge in [-0.1, -0.05) is 268 Å². The topological polar surface area (TPSA) is 78.9 Å². The summed E-state index contributed by atoms with van der Waals surface area (Å²) in [6.07, 6.45) is 72.4. The maximum Gasteiger partial charge on any atom is 0.306 e. The highest BCUT2D eigenvalue weighted by Gasteiger charge is 2.19. The van der Waals surface area contributed by atoms with Crippen LogP contribution in [-0.4, -0.2) is 37.2 Å². The number of carbonyl (C=O) groups is 3. The predicted octanol–water partition coefficient (Wildman–Crippen LogP) is 20.6. The van der Waals surface area contributed by atoms with Crippen LogP contribution in [0.15, 0.2) is 48.6 Å². The first-order valence-corrected chi connectivity index (χ1v) is 30.6. The second-order valence-electron chi connectivity index (χ2n) is 20.6. The van der Waals surface area contributed by atoms with Gasteiger partial charge in [0, 0.05) is 19.3 Å². The van der Waals surface area contributed by atoms with E-state index in [1.807, 2.05) is 0 Å². The van der Waals surface area contributed by atoms with Crippen LogP contribution in [0.1, 0.15) is 323 Å². The van der Waals surface area contributed by atoms with Crippen LogP contribution in [0.25, 0.3) is 0 Å². The summed E-state index contributed by atoms with van der Waals surface area (Å²) in [7, 11) is 0. The van der Waals surface area contributed by atoms with Gasteiger partial charge in [-0.3, -0.25) is 14.4 Å². The first-order chi connectivity index (χ1) is 34.5. The van der Waals surface area contributed by atoms with E-state index in [9.17, 15) is 14.4 Å². The molecule has 0 N–H and O–H groups in total. The normalized spacial score (nSPS) is 12.3. The fourth-order valence-corrected chi connectivity index (χ4v) is 8.92. The van der Waals surface area contributed by atoms with Gasteiger partial charge in [0.1, 0.15) is 13.2 Å². The van der Waals surface area contributed by atoms with Crippen molar-refractivity contribution in [2.45, 2.75) is 329 Å². The van der Waals surface area contributed by atoms with E-state index in [-0.39, 0.29) is 31.1 Å². The molecule has 0 aromatic carbocycles. The third-order valence-electron chi connectivity index (χ3n) is 13.6. The Morgan fingerprint density at radius 1 is 0.286 bits per heavy atom. The van der Waals surface area contributed by atoms with Crippen LogP contribution in [0.5, 0.6) is 0 Å². The van der Waals surface area contributed by atoms with Gasteiger partial charge in [-0.05, 0) is 83.5 Å². The third-order valence-corrected chi connectivity index (χ3v) is 13.6. The zero-order valence-electron chi connectivity index (χ0n) is 46.8. The lowest BCUT2D eigenvalue weighted by Crippen LogP contribution is -2.30. The first-order valence-electron chi connectivity index (χ1n) is 30.6. The molecule has 0 spiro atoms. The van der Waals surface area contributed by atoms with Crippen LogP contribution in [0.3, 0.4) is 0 Å². The summed E-state index contributed by atoms with van der Waals surface area (Å²) in [5.74, 6) is -0.880. The number of allylic oxidation sites excluding steroid dienone is 8. The summed E-state index contributed by atoms with van der Waals surface area (Å²) in [5, 5.41) is 0. The Labute approximate surface area is 435 Å². The summed E-state index contributed by atoms with van der Waals surface area (Å²) < 4.78 is 16.9. The van der Waals surface area contributed by atoms with Gasteiger partial charge in [-0.15, -0.1) is 0 Å². The van der Waals surface area contributed by atoms with E-state index < -0.39 is 6.10 Å². The molecule has 0 bridgehead atoms. The Balaban J connectivity index is 4.36. The van der Waals surface area contributed by atoms with Crippen LogP contribution >= 0.6 is 0 Å². The van der Waals surface area contributed by atoms with Gasteiger partial charge in [0.05, 0.1) is 0 Å². The Morgan fingerprint density at radius 2 is 0.514 bits per heavy atom. The van der Waals surface area contributed by atoms with Crippen LogP contribution in [-0.2, 0) is 28.6 Å². The smallest absolute Gasteiger partial charge is 0.306 e. The second kappa shape index (κ2) is 58.9. The minimum absolute atomic E-state index is 0.0786. The largest absolute Gasteiger partial charge is 0.462 e. The lowest BCUT2D eigenvalue weighted by Gasteiger charge is -2.18. The molecule has 70 heavy (non-hydrogen) atoms. The molecule has 0 amide bonds. The Hall–Kier alpha value is -2.63. The van der Waals surface area contributed by atoms with Crippen molar-refractivity contribution < 1.29 is 28.6 Å². The Bertz CT molecular complexity index is 1220.